The number of hydrogen-bond donors (Lipinski definition) is 2. The van der Waals surface area contributed by atoms with Gasteiger partial charge in [-0.2, -0.15) is 0 Å². The lowest BCUT2D eigenvalue weighted by atomic mass is 10.3. The van der Waals surface area contributed by atoms with E-state index in [4.69, 9.17) is 5.11 Å². The van der Waals surface area contributed by atoms with E-state index in [2.05, 4.69) is 4.72 Å². The number of hydrogen-bond acceptors (Lipinski definition) is 4. The van der Waals surface area contributed by atoms with Crippen molar-refractivity contribution in [1.29, 1.82) is 0 Å². The van der Waals surface area contributed by atoms with Gasteiger partial charge in [-0.15, -0.1) is 11.8 Å². The molecule has 0 amide bonds. The largest absolute Gasteiger partial charge is 0.481 e. The molecule has 0 atom stereocenters. The second kappa shape index (κ2) is 7.17. The van der Waals surface area contributed by atoms with Crippen LogP contribution >= 0.6 is 11.8 Å². The Morgan fingerprint density at radius 2 is 1.95 bits per heavy atom. The summed E-state index contributed by atoms with van der Waals surface area (Å²) in [6.07, 6.45) is 4.37. The van der Waals surface area contributed by atoms with Crippen molar-refractivity contribution in [3.05, 3.63) is 24.3 Å². The molecule has 1 fully saturated rings. The molecule has 0 heterocycles. The molecular formula is C14H19NO4S2. The fourth-order valence-corrected chi connectivity index (χ4v) is 4.73. The van der Waals surface area contributed by atoms with Gasteiger partial charge in [-0.05, 0) is 25.0 Å². The van der Waals surface area contributed by atoms with Gasteiger partial charge in [0.05, 0.1) is 17.9 Å². The number of sulfonamides is 1. The normalized spacial score (nSPS) is 16.0. The summed E-state index contributed by atoms with van der Waals surface area (Å²) in [4.78, 5) is 11.4. The molecule has 0 saturated heterocycles. The maximum Gasteiger partial charge on any atom is 0.304 e. The number of thioether (sulfide) groups is 1. The number of para-hydroxylation sites is 1. The van der Waals surface area contributed by atoms with Crippen LogP contribution in [0.5, 0.6) is 0 Å². The average molecular weight is 329 g/mol. The molecule has 1 aliphatic rings. The third kappa shape index (κ3) is 5.24. The number of benzene rings is 1. The van der Waals surface area contributed by atoms with E-state index >= 15 is 0 Å². The summed E-state index contributed by atoms with van der Waals surface area (Å²) >= 11 is 1.70. The highest BCUT2D eigenvalue weighted by Gasteiger charge is 2.19. The van der Waals surface area contributed by atoms with Gasteiger partial charge in [0.1, 0.15) is 0 Å². The van der Waals surface area contributed by atoms with Gasteiger partial charge in [0.2, 0.25) is 10.0 Å². The summed E-state index contributed by atoms with van der Waals surface area (Å²) in [7, 11) is -3.63. The van der Waals surface area contributed by atoms with Gasteiger partial charge in [0.25, 0.3) is 0 Å². The molecule has 0 unspecified atom stereocenters. The maximum absolute atomic E-state index is 11.9. The molecule has 116 valence electrons. The molecule has 1 aromatic carbocycles. The van der Waals surface area contributed by atoms with Gasteiger partial charge in [-0.3, -0.25) is 9.52 Å². The summed E-state index contributed by atoms with van der Waals surface area (Å²) in [6, 6.07) is 7.27. The zero-order valence-corrected chi connectivity index (χ0v) is 13.3. The molecule has 7 heteroatoms. The van der Waals surface area contributed by atoms with Gasteiger partial charge >= 0.3 is 5.97 Å². The Morgan fingerprint density at radius 3 is 2.62 bits per heavy atom. The highest BCUT2D eigenvalue weighted by atomic mass is 32.2. The minimum Gasteiger partial charge on any atom is -0.481 e. The van der Waals surface area contributed by atoms with E-state index in [1.54, 1.807) is 23.9 Å². The summed E-state index contributed by atoms with van der Waals surface area (Å²) in [5.74, 6) is -1.53. The van der Waals surface area contributed by atoms with E-state index < -0.39 is 28.2 Å². The van der Waals surface area contributed by atoms with Crippen molar-refractivity contribution in [3.63, 3.8) is 0 Å². The van der Waals surface area contributed by atoms with E-state index in [0.29, 0.717) is 10.9 Å². The molecule has 0 radical (unpaired) electrons. The van der Waals surface area contributed by atoms with Crippen LogP contribution in [-0.4, -0.2) is 30.5 Å². The average Bonchev–Trinajstić information content (AvgIpc) is 2.92. The highest BCUT2D eigenvalue weighted by molar-refractivity contribution is 8.00. The molecule has 1 aliphatic carbocycles. The molecule has 1 aromatic rings. The summed E-state index contributed by atoms with van der Waals surface area (Å²) < 4.78 is 26.3. The Bertz CT molecular complexity index is 595. The lowest BCUT2D eigenvalue weighted by Gasteiger charge is -2.14. The van der Waals surface area contributed by atoms with Crippen LogP contribution in [0, 0.1) is 0 Å². The first-order valence-corrected chi connectivity index (χ1v) is 9.47. The monoisotopic (exact) mass is 329 g/mol. The first-order valence-electron chi connectivity index (χ1n) is 6.94. The van der Waals surface area contributed by atoms with Crippen LogP contribution in [0.2, 0.25) is 0 Å². The van der Waals surface area contributed by atoms with E-state index in [0.717, 1.165) is 17.7 Å². The number of carboxylic acids is 1. The summed E-state index contributed by atoms with van der Waals surface area (Å²) in [5.41, 5.74) is 0.541. The van der Waals surface area contributed by atoms with Gasteiger partial charge in [0.15, 0.2) is 0 Å². The van der Waals surface area contributed by atoms with E-state index in [1.165, 1.54) is 12.8 Å². The van der Waals surface area contributed by atoms with Crippen molar-refractivity contribution >= 4 is 33.4 Å². The van der Waals surface area contributed by atoms with Crippen molar-refractivity contribution in [2.45, 2.75) is 42.2 Å². The first-order chi connectivity index (χ1) is 9.96. The molecule has 0 aliphatic heterocycles. The molecule has 0 spiro atoms. The van der Waals surface area contributed by atoms with Crippen molar-refractivity contribution < 1.29 is 18.3 Å². The molecule has 0 aromatic heterocycles. The van der Waals surface area contributed by atoms with Gasteiger partial charge in [-0.25, -0.2) is 8.42 Å². The zero-order valence-electron chi connectivity index (χ0n) is 11.6. The van der Waals surface area contributed by atoms with E-state index in [9.17, 15) is 13.2 Å². The van der Waals surface area contributed by atoms with Crippen molar-refractivity contribution in [3.8, 4) is 0 Å². The van der Waals surface area contributed by atoms with Gasteiger partial charge < -0.3 is 5.11 Å². The molecule has 0 bridgehead atoms. The molecule has 2 rings (SSSR count). The molecular weight excluding hydrogens is 310 g/mol. The van der Waals surface area contributed by atoms with Crippen LogP contribution in [-0.2, 0) is 14.8 Å². The standard InChI is InChI=1S/C14H19NO4S2/c16-14(17)9-10-21(18,19)15-12-7-3-4-8-13(12)20-11-5-1-2-6-11/h3-4,7-8,11,15H,1-2,5-6,9-10H2,(H,16,17). The smallest absolute Gasteiger partial charge is 0.304 e. The van der Waals surface area contributed by atoms with Crippen molar-refractivity contribution in [1.82, 2.24) is 0 Å². The number of nitrogens with one attached hydrogen (secondary N) is 1. The van der Waals surface area contributed by atoms with Crippen LogP contribution in [0.4, 0.5) is 5.69 Å². The lowest BCUT2D eigenvalue weighted by Crippen LogP contribution is -2.19. The van der Waals surface area contributed by atoms with Crippen molar-refractivity contribution in [2.75, 3.05) is 10.5 Å². The minimum atomic E-state index is -3.63. The van der Waals surface area contributed by atoms with Crippen LogP contribution < -0.4 is 4.72 Å². The third-order valence-corrected chi connectivity index (χ3v) is 6.02. The Balaban J connectivity index is 2.06. The van der Waals surface area contributed by atoms with Gasteiger partial charge in [0, 0.05) is 10.1 Å². The Hall–Kier alpha value is -1.21. The minimum absolute atomic E-state index is 0.396. The van der Waals surface area contributed by atoms with E-state index in [1.807, 2.05) is 12.1 Å². The van der Waals surface area contributed by atoms with Gasteiger partial charge in [-0.1, -0.05) is 25.0 Å². The SMILES string of the molecule is O=C(O)CCS(=O)(=O)Nc1ccccc1SC1CCCC1. The number of rotatable bonds is 7. The topological polar surface area (TPSA) is 83.5 Å². The molecule has 5 nitrogen and oxygen atoms in total. The second-order valence-corrected chi connectivity index (χ2v) is 8.27. The zero-order chi connectivity index (χ0) is 15.3. The number of anilines is 1. The number of carbonyl (C=O) groups is 1. The molecule has 2 N–H and O–H groups in total. The highest BCUT2D eigenvalue weighted by Crippen LogP contribution is 2.38. The predicted octanol–water partition coefficient (Wildman–Crippen LogP) is 2.94. The Morgan fingerprint density at radius 1 is 1.29 bits per heavy atom. The molecule has 1 saturated carbocycles. The van der Waals surface area contributed by atoms with Crippen LogP contribution in [0.15, 0.2) is 29.2 Å². The van der Waals surface area contributed by atoms with Crippen LogP contribution in [0.25, 0.3) is 0 Å². The second-order valence-electron chi connectivity index (χ2n) is 5.09. The predicted molar refractivity (Wildman–Crippen MR) is 84.2 cm³/mol. The van der Waals surface area contributed by atoms with Crippen molar-refractivity contribution in [2.24, 2.45) is 0 Å². The first kappa shape index (κ1) is 16.2. The third-order valence-electron chi connectivity index (χ3n) is 3.33. The Labute approximate surface area is 129 Å². The number of aliphatic carboxylic acids is 1. The fourth-order valence-electron chi connectivity index (χ4n) is 2.28. The molecule has 21 heavy (non-hydrogen) atoms. The van der Waals surface area contributed by atoms with Crippen LogP contribution in [0.1, 0.15) is 32.1 Å². The quantitative estimate of drug-likeness (QED) is 0.803. The summed E-state index contributed by atoms with van der Waals surface area (Å²) in [5, 5.41) is 9.13. The lowest BCUT2D eigenvalue weighted by molar-refractivity contribution is -0.136. The van der Waals surface area contributed by atoms with E-state index in [-0.39, 0.29) is 0 Å². The fraction of sp³-hybridized carbons (Fsp3) is 0.500. The number of carboxylic acid groups (broad SMARTS) is 1. The summed E-state index contributed by atoms with van der Waals surface area (Å²) in [6.45, 7) is 0. The Kier molecular flexibility index (Phi) is 5.52. The van der Waals surface area contributed by atoms with Crippen LogP contribution in [0.3, 0.4) is 0 Å². The maximum atomic E-state index is 11.9.